The number of nitrogens with zero attached hydrogens (tertiary/aromatic N) is 2. The molecule has 1 atom stereocenters. The van der Waals surface area contributed by atoms with E-state index >= 15 is 0 Å². The average molecular weight is 324 g/mol. The van der Waals surface area contributed by atoms with E-state index in [1.165, 1.54) is 38.2 Å². The van der Waals surface area contributed by atoms with Crippen molar-refractivity contribution in [2.75, 3.05) is 39.3 Å². The van der Waals surface area contributed by atoms with Crippen molar-refractivity contribution in [3.63, 3.8) is 0 Å². The molecule has 0 spiro atoms. The molecule has 3 rings (SSSR count). The second-order valence-electron chi connectivity index (χ2n) is 5.59. The summed E-state index contributed by atoms with van der Waals surface area (Å²) in [5, 5.41) is 3.43. The molecule has 0 aromatic heterocycles. The largest absolute Gasteiger partial charge is 0.314 e. The second-order valence-corrected chi connectivity index (χ2v) is 6.51. The number of halogens is 1. The van der Waals surface area contributed by atoms with Crippen LogP contribution in [0.1, 0.15) is 12.0 Å². The standard InChI is InChI=1S/C15H22BrN3/c16-14-3-1-13(2-4-14)11-18-8-5-15(12-18)19-9-6-17-7-10-19/h1-4,15,17H,5-12H2. The molecule has 2 fully saturated rings. The van der Waals surface area contributed by atoms with Gasteiger partial charge >= 0.3 is 0 Å². The maximum atomic E-state index is 3.49. The normalized spacial score (nSPS) is 25.8. The number of hydrogen-bond acceptors (Lipinski definition) is 3. The Hall–Kier alpha value is -0.420. The fourth-order valence-electron chi connectivity index (χ4n) is 3.15. The zero-order chi connectivity index (χ0) is 13.1. The maximum Gasteiger partial charge on any atom is 0.0236 e. The van der Waals surface area contributed by atoms with Gasteiger partial charge in [0.1, 0.15) is 0 Å². The molecule has 1 aromatic rings. The molecule has 1 aromatic carbocycles. The Morgan fingerprint density at radius 1 is 1.11 bits per heavy atom. The third-order valence-electron chi connectivity index (χ3n) is 4.23. The molecule has 0 aliphatic carbocycles. The smallest absolute Gasteiger partial charge is 0.0236 e. The quantitative estimate of drug-likeness (QED) is 0.917. The molecule has 2 saturated heterocycles. The van der Waals surface area contributed by atoms with Crippen LogP contribution in [0.5, 0.6) is 0 Å². The van der Waals surface area contributed by atoms with E-state index in [1.54, 1.807) is 0 Å². The molecule has 4 heteroatoms. The first kappa shape index (κ1) is 13.6. The number of hydrogen-bond donors (Lipinski definition) is 1. The third-order valence-corrected chi connectivity index (χ3v) is 4.76. The van der Waals surface area contributed by atoms with Crippen LogP contribution in [0.15, 0.2) is 28.7 Å². The Bertz CT molecular complexity index is 400. The van der Waals surface area contributed by atoms with Gasteiger partial charge in [-0.3, -0.25) is 9.80 Å². The van der Waals surface area contributed by atoms with Gasteiger partial charge in [-0.05, 0) is 24.1 Å². The Morgan fingerprint density at radius 3 is 2.58 bits per heavy atom. The summed E-state index contributed by atoms with van der Waals surface area (Å²) in [6.45, 7) is 8.32. The van der Waals surface area contributed by atoms with E-state index in [-0.39, 0.29) is 0 Å². The molecular weight excluding hydrogens is 302 g/mol. The van der Waals surface area contributed by atoms with Crippen molar-refractivity contribution in [3.8, 4) is 0 Å². The van der Waals surface area contributed by atoms with Gasteiger partial charge in [0.2, 0.25) is 0 Å². The van der Waals surface area contributed by atoms with Gasteiger partial charge in [0.15, 0.2) is 0 Å². The molecule has 0 bridgehead atoms. The van der Waals surface area contributed by atoms with Crippen molar-refractivity contribution in [1.82, 2.24) is 15.1 Å². The Balaban J connectivity index is 1.52. The van der Waals surface area contributed by atoms with E-state index in [2.05, 4.69) is 55.3 Å². The summed E-state index contributed by atoms with van der Waals surface area (Å²) in [4.78, 5) is 5.26. The van der Waals surface area contributed by atoms with Gasteiger partial charge in [0.05, 0.1) is 0 Å². The Kier molecular flexibility index (Phi) is 4.53. The van der Waals surface area contributed by atoms with Crippen LogP contribution in [0.25, 0.3) is 0 Å². The predicted octanol–water partition coefficient (Wildman–Crippen LogP) is 1.93. The van der Waals surface area contributed by atoms with Crippen molar-refractivity contribution >= 4 is 15.9 Å². The van der Waals surface area contributed by atoms with Crippen LogP contribution in [-0.2, 0) is 6.54 Å². The van der Waals surface area contributed by atoms with E-state index in [1.807, 2.05) is 0 Å². The Morgan fingerprint density at radius 2 is 1.84 bits per heavy atom. The molecule has 1 N–H and O–H groups in total. The molecule has 0 saturated carbocycles. The predicted molar refractivity (Wildman–Crippen MR) is 82.3 cm³/mol. The lowest BCUT2D eigenvalue weighted by Gasteiger charge is -2.32. The minimum absolute atomic E-state index is 0.776. The van der Waals surface area contributed by atoms with Crippen molar-refractivity contribution in [2.24, 2.45) is 0 Å². The van der Waals surface area contributed by atoms with Gasteiger partial charge in [0.25, 0.3) is 0 Å². The molecule has 3 nitrogen and oxygen atoms in total. The highest BCUT2D eigenvalue weighted by Crippen LogP contribution is 2.19. The van der Waals surface area contributed by atoms with Crippen LogP contribution >= 0.6 is 15.9 Å². The van der Waals surface area contributed by atoms with Gasteiger partial charge in [-0.25, -0.2) is 0 Å². The topological polar surface area (TPSA) is 18.5 Å². The van der Waals surface area contributed by atoms with Crippen LogP contribution in [0, 0.1) is 0 Å². The van der Waals surface area contributed by atoms with Crippen molar-refractivity contribution in [1.29, 1.82) is 0 Å². The fourth-order valence-corrected chi connectivity index (χ4v) is 3.41. The summed E-state index contributed by atoms with van der Waals surface area (Å²) < 4.78 is 1.16. The summed E-state index contributed by atoms with van der Waals surface area (Å²) in [7, 11) is 0. The van der Waals surface area contributed by atoms with Crippen LogP contribution in [-0.4, -0.2) is 55.1 Å². The van der Waals surface area contributed by atoms with E-state index in [0.717, 1.165) is 30.1 Å². The van der Waals surface area contributed by atoms with Gasteiger partial charge in [-0.15, -0.1) is 0 Å². The Labute approximate surface area is 124 Å². The van der Waals surface area contributed by atoms with E-state index < -0.39 is 0 Å². The van der Waals surface area contributed by atoms with Gasteiger partial charge in [-0.2, -0.15) is 0 Å². The highest BCUT2D eigenvalue weighted by molar-refractivity contribution is 9.10. The number of benzene rings is 1. The van der Waals surface area contributed by atoms with Crippen molar-refractivity contribution in [3.05, 3.63) is 34.3 Å². The average Bonchev–Trinajstić information content (AvgIpc) is 2.91. The lowest BCUT2D eigenvalue weighted by molar-refractivity contribution is 0.170. The van der Waals surface area contributed by atoms with E-state index in [9.17, 15) is 0 Å². The summed E-state index contributed by atoms with van der Waals surface area (Å²) in [6, 6.07) is 9.50. The molecule has 104 valence electrons. The minimum Gasteiger partial charge on any atom is -0.314 e. The van der Waals surface area contributed by atoms with E-state index in [4.69, 9.17) is 0 Å². The molecule has 2 heterocycles. The monoisotopic (exact) mass is 323 g/mol. The highest BCUT2D eigenvalue weighted by atomic mass is 79.9. The summed E-state index contributed by atoms with van der Waals surface area (Å²) in [5.41, 5.74) is 1.42. The zero-order valence-electron chi connectivity index (χ0n) is 11.3. The molecule has 2 aliphatic heterocycles. The molecule has 0 amide bonds. The van der Waals surface area contributed by atoms with Crippen LogP contribution in [0.2, 0.25) is 0 Å². The minimum atomic E-state index is 0.776. The van der Waals surface area contributed by atoms with Gasteiger partial charge < -0.3 is 5.32 Å². The zero-order valence-corrected chi connectivity index (χ0v) is 12.9. The summed E-state index contributed by atoms with van der Waals surface area (Å²) >= 11 is 3.49. The van der Waals surface area contributed by atoms with Gasteiger partial charge in [-0.1, -0.05) is 28.1 Å². The molecule has 19 heavy (non-hydrogen) atoms. The molecular formula is C15H22BrN3. The van der Waals surface area contributed by atoms with Crippen LogP contribution < -0.4 is 5.32 Å². The third kappa shape index (κ3) is 3.57. The number of rotatable bonds is 3. The summed E-state index contributed by atoms with van der Waals surface area (Å²) in [5.74, 6) is 0. The fraction of sp³-hybridized carbons (Fsp3) is 0.600. The van der Waals surface area contributed by atoms with Gasteiger partial charge in [0, 0.05) is 56.3 Å². The number of likely N-dealkylation sites (tertiary alicyclic amines) is 1. The molecule has 2 aliphatic rings. The molecule has 1 unspecified atom stereocenters. The van der Waals surface area contributed by atoms with Crippen molar-refractivity contribution in [2.45, 2.75) is 19.0 Å². The first-order valence-corrected chi connectivity index (χ1v) is 8.02. The number of piperazine rings is 1. The van der Waals surface area contributed by atoms with Crippen molar-refractivity contribution < 1.29 is 0 Å². The lowest BCUT2D eigenvalue weighted by Crippen LogP contribution is -2.49. The number of nitrogens with one attached hydrogen (secondary N) is 1. The van der Waals surface area contributed by atoms with Crippen LogP contribution in [0.3, 0.4) is 0 Å². The maximum absolute atomic E-state index is 3.49. The molecule has 0 radical (unpaired) electrons. The highest BCUT2D eigenvalue weighted by Gasteiger charge is 2.28. The second kappa shape index (κ2) is 6.35. The van der Waals surface area contributed by atoms with E-state index in [0.29, 0.717) is 0 Å². The summed E-state index contributed by atoms with van der Waals surface area (Å²) in [6.07, 6.45) is 1.33. The van der Waals surface area contributed by atoms with Crippen LogP contribution in [0.4, 0.5) is 0 Å². The first-order valence-electron chi connectivity index (χ1n) is 7.23. The lowest BCUT2D eigenvalue weighted by atomic mass is 10.2. The SMILES string of the molecule is Brc1ccc(CN2CCC(N3CCNCC3)C2)cc1. The first-order chi connectivity index (χ1) is 9.31.